The number of rotatable bonds is 58. The highest BCUT2D eigenvalue weighted by Crippen LogP contribution is 2.45. The number of aliphatic hydroxyl groups excluding tert-OH is 1. The van der Waals surface area contributed by atoms with Crippen LogP contribution in [-0.2, 0) is 65.4 Å². The molecule has 17 nitrogen and oxygen atoms in total. The summed E-state index contributed by atoms with van der Waals surface area (Å²) in [5.41, 5.74) is 0. The van der Waals surface area contributed by atoms with Crippen molar-refractivity contribution >= 4 is 39.5 Å². The van der Waals surface area contributed by atoms with Crippen LogP contribution >= 0.6 is 15.6 Å². The van der Waals surface area contributed by atoms with Crippen LogP contribution in [0.1, 0.15) is 286 Å². The van der Waals surface area contributed by atoms with Crippen LogP contribution in [0.15, 0.2) is 0 Å². The zero-order valence-corrected chi connectivity index (χ0v) is 52.6. The second-order valence-electron chi connectivity index (χ2n) is 23.2. The summed E-state index contributed by atoms with van der Waals surface area (Å²) in [7, 11) is -9.88. The fourth-order valence-corrected chi connectivity index (χ4v) is 10.4. The number of hydrogen-bond donors (Lipinski definition) is 3. The standard InChI is InChI=1S/C60H116O17P2/c1-8-9-10-11-12-13-14-18-27-34-41-57(62)70-47-55(76-59(64)43-36-29-19-16-15-17-24-31-38-51(2)3)49-74-78(66,67)72-45-54(61)46-73-79(68,69)75-50-56(77-60(65)44-37-30-23-21-26-33-40-53(6)7)48-71-58(63)42-35-28-22-20-25-32-39-52(4)5/h51-56,61H,8-50H2,1-7H3,(H,66,67)(H,68,69)/t54-,55-,56-/m1/s1. The molecule has 0 aliphatic carbocycles. The van der Waals surface area contributed by atoms with Crippen LogP contribution < -0.4 is 0 Å². The van der Waals surface area contributed by atoms with E-state index in [-0.39, 0.29) is 25.7 Å². The van der Waals surface area contributed by atoms with E-state index in [4.69, 9.17) is 37.0 Å². The molecule has 19 heteroatoms. The maximum Gasteiger partial charge on any atom is 0.472 e. The Kier molecular flexibility index (Phi) is 50.4. The van der Waals surface area contributed by atoms with Crippen LogP contribution in [0.25, 0.3) is 0 Å². The van der Waals surface area contributed by atoms with E-state index >= 15 is 0 Å². The maximum atomic E-state index is 12.9. The van der Waals surface area contributed by atoms with Gasteiger partial charge in [0, 0.05) is 25.7 Å². The fraction of sp³-hybridized carbons (Fsp3) is 0.933. The lowest BCUT2D eigenvalue weighted by Crippen LogP contribution is -2.30. The molecule has 2 unspecified atom stereocenters. The quantitative estimate of drug-likeness (QED) is 0.0222. The number of phosphoric ester groups is 2. The van der Waals surface area contributed by atoms with Gasteiger partial charge in [0.15, 0.2) is 12.2 Å². The van der Waals surface area contributed by atoms with E-state index in [2.05, 4.69) is 48.5 Å². The van der Waals surface area contributed by atoms with Crippen LogP contribution in [0.3, 0.4) is 0 Å². The summed E-state index contributed by atoms with van der Waals surface area (Å²) in [5, 5.41) is 10.5. The Labute approximate surface area is 479 Å². The van der Waals surface area contributed by atoms with Crippen molar-refractivity contribution in [2.24, 2.45) is 17.8 Å². The van der Waals surface area contributed by atoms with Gasteiger partial charge in [0.05, 0.1) is 26.4 Å². The number of carbonyl (C=O) groups is 4. The molecule has 0 bridgehead atoms. The van der Waals surface area contributed by atoms with Gasteiger partial charge in [-0.2, -0.15) is 0 Å². The average Bonchev–Trinajstić information content (AvgIpc) is 3.39. The van der Waals surface area contributed by atoms with Gasteiger partial charge in [-0.25, -0.2) is 9.13 Å². The molecule has 0 aromatic rings. The maximum absolute atomic E-state index is 12.9. The van der Waals surface area contributed by atoms with E-state index in [1.807, 2.05) is 0 Å². The molecule has 0 saturated heterocycles. The van der Waals surface area contributed by atoms with E-state index in [0.29, 0.717) is 37.5 Å². The molecule has 5 atom stereocenters. The largest absolute Gasteiger partial charge is 0.472 e. The predicted molar refractivity (Wildman–Crippen MR) is 312 cm³/mol. The SMILES string of the molecule is CCCCCCCCCCCCC(=O)OC[C@H](COP(=O)(O)OC[C@@H](O)COP(=O)(O)OC[C@@H](COC(=O)CCCCCCCCC(C)C)OC(=O)CCCCCCCCC(C)C)OC(=O)CCCCCCCCCCC(C)C. The summed E-state index contributed by atoms with van der Waals surface area (Å²) in [6.45, 7) is 11.5. The highest BCUT2D eigenvalue weighted by Gasteiger charge is 2.30. The topological polar surface area (TPSA) is 237 Å². The Hall–Kier alpha value is -1.94. The van der Waals surface area contributed by atoms with E-state index in [9.17, 15) is 43.2 Å². The minimum Gasteiger partial charge on any atom is -0.462 e. The Morgan fingerprint density at radius 3 is 0.861 bits per heavy atom. The number of phosphoric acid groups is 2. The summed E-state index contributed by atoms with van der Waals surface area (Å²) in [6, 6.07) is 0. The monoisotopic (exact) mass is 1170 g/mol. The van der Waals surface area contributed by atoms with Crippen molar-refractivity contribution < 1.29 is 80.2 Å². The van der Waals surface area contributed by atoms with Gasteiger partial charge < -0.3 is 33.8 Å². The van der Waals surface area contributed by atoms with E-state index in [0.717, 1.165) is 102 Å². The number of carbonyl (C=O) groups excluding carboxylic acids is 4. The molecule has 0 aliphatic heterocycles. The molecule has 79 heavy (non-hydrogen) atoms. The van der Waals surface area contributed by atoms with E-state index < -0.39 is 97.5 Å². The summed E-state index contributed by atoms with van der Waals surface area (Å²) >= 11 is 0. The second kappa shape index (κ2) is 51.7. The molecule has 0 aromatic heterocycles. The first-order valence-electron chi connectivity index (χ1n) is 31.3. The van der Waals surface area contributed by atoms with Gasteiger partial charge in [0.1, 0.15) is 19.3 Å². The van der Waals surface area contributed by atoms with Gasteiger partial charge in [-0.05, 0) is 43.4 Å². The van der Waals surface area contributed by atoms with Gasteiger partial charge in [0.2, 0.25) is 0 Å². The van der Waals surface area contributed by atoms with Crippen LogP contribution in [0.5, 0.6) is 0 Å². The van der Waals surface area contributed by atoms with Crippen LogP contribution in [-0.4, -0.2) is 96.7 Å². The van der Waals surface area contributed by atoms with Crippen molar-refractivity contribution in [1.82, 2.24) is 0 Å². The molecule has 0 amide bonds. The number of ether oxygens (including phenoxy) is 4. The first-order chi connectivity index (χ1) is 37.7. The summed E-state index contributed by atoms with van der Waals surface area (Å²) in [6.07, 6.45) is 31.1. The van der Waals surface area contributed by atoms with Crippen molar-refractivity contribution in [2.75, 3.05) is 39.6 Å². The normalized spacial score (nSPS) is 14.5. The molecular formula is C60H116O17P2. The number of unbranched alkanes of at least 4 members (excludes halogenated alkanes) is 26. The molecule has 0 heterocycles. The lowest BCUT2D eigenvalue weighted by atomic mass is 10.0. The Balaban J connectivity index is 5.24. The molecule has 0 radical (unpaired) electrons. The molecule has 0 rings (SSSR count). The zero-order chi connectivity index (χ0) is 58.8. The Morgan fingerprint density at radius 1 is 0.342 bits per heavy atom. The lowest BCUT2D eigenvalue weighted by molar-refractivity contribution is -0.161. The second-order valence-corrected chi connectivity index (χ2v) is 26.1. The fourth-order valence-electron chi connectivity index (χ4n) is 8.77. The van der Waals surface area contributed by atoms with Crippen molar-refractivity contribution in [3.05, 3.63) is 0 Å². The third kappa shape index (κ3) is 55.0. The summed E-state index contributed by atoms with van der Waals surface area (Å²) < 4.78 is 67.7. The van der Waals surface area contributed by atoms with E-state index in [1.165, 1.54) is 89.9 Å². The van der Waals surface area contributed by atoms with Gasteiger partial charge in [-0.15, -0.1) is 0 Å². The van der Waals surface area contributed by atoms with Crippen LogP contribution in [0.4, 0.5) is 0 Å². The minimum atomic E-state index is -4.94. The third-order valence-electron chi connectivity index (χ3n) is 13.6. The van der Waals surface area contributed by atoms with Gasteiger partial charge >= 0.3 is 39.5 Å². The Morgan fingerprint density at radius 2 is 0.582 bits per heavy atom. The lowest BCUT2D eigenvalue weighted by Gasteiger charge is -2.21. The Bertz CT molecular complexity index is 1580. The number of esters is 4. The van der Waals surface area contributed by atoms with Crippen molar-refractivity contribution in [2.45, 2.75) is 304 Å². The van der Waals surface area contributed by atoms with E-state index in [1.54, 1.807) is 0 Å². The van der Waals surface area contributed by atoms with Gasteiger partial charge in [-0.3, -0.25) is 37.3 Å². The minimum absolute atomic E-state index is 0.101. The molecule has 0 aliphatic rings. The summed E-state index contributed by atoms with van der Waals surface area (Å²) in [4.78, 5) is 71.9. The predicted octanol–water partition coefficient (Wildman–Crippen LogP) is 15.9. The molecule has 0 spiro atoms. The average molecular weight is 1170 g/mol. The van der Waals surface area contributed by atoms with Crippen LogP contribution in [0, 0.1) is 17.8 Å². The van der Waals surface area contributed by atoms with Crippen molar-refractivity contribution in [3.63, 3.8) is 0 Å². The molecule has 0 fully saturated rings. The molecule has 0 saturated carbocycles. The zero-order valence-electron chi connectivity index (χ0n) is 50.8. The first kappa shape index (κ1) is 77.1. The van der Waals surface area contributed by atoms with Crippen LogP contribution in [0.2, 0.25) is 0 Å². The molecular weight excluding hydrogens is 1050 g/mol. The summed E-state index contributed by atoms with van der Waals surface area (Å²) in [5.74, 6) is -0.0815. The third-order valence-corrected chi connectivity index (χ3v) is 15.5. The highest BCUT2D eigenvalue weighted by molar-refractivity contribution is 7.47. The first-order valence-corrected chi connectivity index (χ1v) is 34.3. The number of hydrogen-bond acceptors (Lipinski definition) is 15. The van der Waals surface area contributed by atoms with Crippen molar-refractivity contribution in [1.29, 1.82) is 0 Å². The molecule has 468 valence electrons. The molecule has 3 N–H and O–H groups in total. The highest BCUT2D eigenvalue weighted by atomic mass is 31.2. The number of aliphatic hydroxyl groups is 1. The van der Waals surface area contributed by atoms with Crippen molar-refractivity contribution in [3.8, 4) is 0 Å². The molecule has 0 aromatic carbocycles. The smallest absolute Gasteiger partial charge is 0.462 e. The van der Waals surface area contributed by atoms with Gasteiger partial charge in [0.25, 0.3) is 0 Å². The van der Waals surface area contributed by atoms with Gasteiger partial charge in [-0.1, -0.05) is 235 Å².